The minimum Gasteiger partial charge on any atom is -0.380 e. The second-order valence-electron chi connectivity index (χ2n) is 8.77. The summed E-state index contributed by atoms with van der Waals surface area (Å²) in [5, 5.41) is 10.5. The molecule has 2 aromatic rings. The van der Waals surface area contributed by atoms with Gasteiger partial charge in [0.15, 0.2) is 0 Å². The van der Waals surface area contributed by atoms with Crippen LogP contribution in [0.1, 0.15) is 32.3 Å². The zero-order valence-electron chi connectivity index (χ0n) is 17.3. The Bertz CT molecular complexity index is 1010. The van der Waals surface area contributed by atoms with Crippen molar-refractivity contribution in [3.8, 4) is 11.1 Å². The lowest BCUT2D eigenvalue weighted by Gasteiger charge is -2.41. The average molecular weight is 406 g/mol. The highest BCUT2D eigenvalue weighted by atomic mass is 16.5. The Morgan fingerprint density at radius 1 is 1.03 bits per heavy atom. The fraction of sp³-hybridized carbons (Fsp3) is 0.417. The summed E-state index contributed by atoms with van der Waals surface area (Å²) in [7, 11) is 0. The lowest BCUT2D eigenvalue weighted by Crippen LogP contribution is -2.51. The van der Waals surface area contributed by atoms with Crippen molar-refractivity contribution < 1.29 is 19.4 Å². The number of nitrogens with zero attached hydrogens (tertiary/aromatic N) is 2. The van der Waals surface area contributed by atoms with Crippen LogP contribution in [-0.4, -0.2) is 42.7 Å². The van der Waals surface area contributed by atoms with Gasteiger partial charge >= 0.3 is 0 Å². The highest BCUT2D eigenvalue weighted by Crippen LogP contribution is 2.42. The molecule has 30 heavy (non-hydrogen) atoms. The Morgan fingerprint density at radius 3 is 2.27 bits per heavy atom. The topological polar surface area (TPSA) is 70.1 Å². The molecule has 2 amide bonds. The van der Waals surface area contributed by atoms with Crippen molar-refractivity contribution in [3.05, 3.63) is 48.0 Å². The van der Waals surface area contributed by atoms with Gasteiger partial charge in [-0.05, 0) is 48.6 Å². The summed E-state index contributed by atoms with van der Waals surface area (Å²) in [4.78, 5) is 28.9. The molecule has 2 fully saturated rings. The van der Waals surface area contributed by atoms with Crippen molar-refractivity contribution in [3.63, 3.8) is 0 Å². The largest absolute Gasteiger partial charge is 0.380 e. The molecule has 2 aliphatic heterocycles. The predicted octanol–water partition coefficient (Wildman–Crippen LogP) is 3.07. The number of ether oxygens (including phenoxy) is 1. The average Bonchev–Trinajstić information content (AvgIpc) is 3.56. The predicted molar refractivity (Wildman–Crippen MR) is 114 cm³/mol. The minimum atomic E-state index is -0.889. The van der Waals surface area contributed by atoms with E-state index < -0.39 is 5.60 Å². The smallest absolute Gasteiger partial charge is 0.230 e. The molecule has 1 saturated heterocycles. The minimum absolute atomic E-state index is 0.0182. The van der Waals surface area contributed by atoms with Gasteiger partial charge in [0.2, 0.25) is 11.8 Å². The molecule has 0 spiro atoms. The number of carbonyl (C=O) groups is 2. The Kier molecular flexibility index (Phi) is 4.45. The summed E-state index contributed by atoms with van der Waals surface area (Å²) >= 11 is 0. The van der Waals surface area contributed by atoms with Crippen LogP contribution in [0.25, 0.3) is 11.1 Å². The van der Waals surface area contributed by atoms with E-state index >= 15 is 0 Å². The first-order chi connectivity index (χ1) is 14.4. The molecule has 1 N–H and O–H groups in total. The summed E-state index contributed by atoms with van der Waals surface area (Å²) in [6, 6.07) is 13.7. The van der Waals surface area contributed by atoms with E-state index in [1.54, 1.807) is 11.8 Å². The molecule has 0 aromatic heterocycles. The second kappa shape index (κ2) is 6.93. The van der Waals surface area contributed by atoms with Gasteiger partial charge in [0.1, 0.15) is 5.60 Å². The van der Waals surface area contributed by atoms with Crippen LogP contribution in [0, 0.1) is 5.92 Å². The van der Waals surface area contributed by atoms with E-state index in [0.717, 1.165) is 40.9 Å². The molecule has 3 aliphatic rings. The van der Waals surface area contributed by atoms with E-state index in [1.807, 2.05) is 54.3 Å². The standard InChI is InChI=1S/C24H26N2O4/c1-15-12-25(23(28)18-3-4-18)22-11-19(7-10-21(22)26(15)16(2)27)17-5-8-20(9-6-17)24(29)13-30-14-24/h5-11,15,18,29H,3-4,12-14H2,1-2H3. The van der Waals surface area contributed by atoms with Gasteiger partial charge in [-0.3, -0.25) is 9.59 Å². The van der Waals surface area contributed by atoms with Crippen LogP contribution in [0.15, 0.2) is 42.5 Å². The van der Waals surface area contributed by atoms with Gasteiger partial charge in [-0.2, -0.15) is 0 Å². The molecule has 1 aliphatic carbocycles. The molecule has 5 rings (SSSR count). The maximum Gasteiger partial charge on any atom is 0.230 e. The fourth-order valence-corrected chi connectivity index (χ4v) is 4.48. The quantitative estimate of drug-likeness (QED) is 0.851. The lowest BCUT2D eigenvalue weighted by molar-refractivity contribution is -0.184. The van der Waals surface area contributed by atoms with Crippen molar-refractivity contribution in [1.29, 1.82) is 0 Å². The molecular formula is C24H26N2O4. The summed E-state index contributed by atoms with van der Waals surface area (Å²) in [6.45, 7) is 4.71. The molecule has 1 atom stereocenters. The monoisotopic (exact) mass is 406 g/mol. The molecule has 2 aromatic carbocycles. The molecule has 1 saturated carbocycles. The van der Waals surface area contributed by atoms with Crippen molar-refractivity contribution in [1.82, 2.24) is 0 Å². The van der Waals surface area contributed by atoms with Crippen molar-refractivity contribution in [2.24, 2.45) is 5.92 Å². The SMILES string of the molecule is CC(=O)N1c2ccc(-c3ccc(C4(O)COC4)cc3)cc2N(C(=O)C2CC2)CC1C. The van der Waals surface area contributed by atoms with Crippen molar-refractivity contribution in [2.45, 2.75) is 38.3 Å². The molecule has 156 valence electrons. The molecular weight excluding hydrogens is 380 g/mol. The summed E-state index contributed by atoms with van der Waals surface area (Å²) in [6.07, 6.45) is 1.90. The highest BCUT2D eigenvalue weighted by molar-refractivity contribution is 6.06. The molecule has 1 unspecified atom stereocenters. The van der Waals surface area contributed by atoms with Gasteiger partial charge in [0, 0.05) is 19.4 Å². The van der Waals surface area contributed by atoms with Crippen LogP contribution in [-0.2, 0) is 19.9 Å². The van der Waals surface area contributed by atoms with Crippen molar-refractivity contribution in [2.75, 3.05) is 29.6 Å². The van der Waals surface area contributed by atoms with Crippen LogP contribution in [0.2, 0.25) is 0 Å². The van der Waals surface area contributed by atoms with Gasteiger partial charge in [-0.1, -0.05) is 30.3 Å². The van der Waals surface area contributed by atoms with E-state index in [-0.39, 0.29) is 23.8 Å². The first-order valence-electron chi connectivity index (χ1n) is 10.5. The maximum absolute atomic E-state index is 13.0. The van der Waals surface area contributed by atoms with Crippen LogP contribution in [0.5, 0.6) is 0 Å². The fourth-order valence-electron chi connectivity index (χ4n) is 4.48. The number of rotatable bonds is 3. The third kappa shape index (κ3) is 3.11. The second-order valence-corrected chi connectivity index (χ2v) is 8.77. The van der Waals surface area contributed by atoms with Crippen LogP contribution in [0.3, 0.4) is 0 Å². The zero-order valence-corrected chi connectivity index (χ0v) is 17.3. The number of fused-ring (bicyclic) bond motifs is 1. The van der Waals surface area contributed by atoms with Crippen LogP contribution >= 0.6 is 0 Å². The van der Waals surface area contributed by atoms with Crippen LogP contribution in [0.4, 0.5) is 11.4 Å². The summed E-state index contributed by atoms with van der Waals surface area (Å²) in [5.74, 6) is 0.253. The van der Waals surface area contributed by atoms with E-state index in [9.17, 15) is 14.7 Å². The number of hydrogen-bond donors (Lipinski definition) is 1. The molecule has 6 heteroatoms. The number of anilines is 2. The van der Waals surface area contributed by atoms with Gasteiger partial charge < -0.3 is 19.6 Å². The van der Waals surface area contributed by atoms with Gasteiger partial charge in [-0.25, -0.2) is 0 Å². The van der Waals surface area contributed by atoms with E-state index in [1.165, 1.54) is 0 Å². The van der Waals surface area contributed by atoms with Gasteiger partial charge in [0.25, 0.3) is 0 Å². The lowest BCUT2D eigenvalue weighted by atomic mass is 9.90. The Labute approximate surface area is 176 Å². The third-order valence-corrected chi connectivity index (χ3v) is 6.38. The highest BCUT2D eigenvalue weighted by Gasteiger charge is 2.40. The Morgan fingerprint density at radius 2 is 1.70 bits per heavy atom. The number of amides is 2. The van der Waals surface area contributed by atoms with Gasteiger partial charge in [-0.15, -0.1) is 0 Å². The van der Waals surface area contributed by atoms with Crippen molar-refractivity contribution >= 4 is 23.2 Å². The zero-order chi connectivity index (χ0) is 21.0. The number of carbonyl (C=O) groups excluding carboxylic acids is 2. The normalized spacial score (nSPS) is 22.3. The first kappa shape index (κ1) is 19.3. The number of hydrogen-bond acceptors (Lipinski definition) is 4. The first-order valence-corrected chi connectivity index (χ1v) is 10.5. The molecule has 0 bridgehead atoms. The van der Waals surface area contributed by atoms with Gasteiger partial charge in [0.05, 0.1) is 30.6 Å². The number of aliphatic hydroxyl groups is 1. The molecule has 6 nitrogen and oxygen atoms in total. The van der Waals surface area contributed by atoms with E-state index in [0.29, 0.717) is 19.8 Å². The van der Waals surface area contributed by atoms with E-state index in [2.05, 4.69) is 0 Å². The summed E-state index contributed by atoms with van der Waals surface area (Å²) < 4.78 is 5.15. The number of benzene rings is 2. The van der Waals surface area contributed by atoms with E-state index in [4.69, 9.17) is 4.74 Å². The molecule has 0 radical (unpaired) electrons. The summed E-state index contributed by atoms with van der Waals surface area (Å²) in [5.41, 5.74) is 3.52. The Hall–Kier alpha value is -2.70. The Balaban J connectivity index is 1.53. The maximum atomic E-state index is 13.0. The van der Waals surface area contributed by atoms with Crippen LogP contribution < -0.4 is 9.80 Å². The molecule has 2 heterocycles. The third-order valence-electron chi connectivity index (χ3n) is 6.38.